The summed E-state index contributed by atoms with van der Waals surface area (Å²) in [5, 5.41) is 5.68. The maximum atomic E-state index is 13.4. The van der Waals surface area contributed by atoms with Crippen LogP contribution in [0.15, 0.2) is 17.0 Å². The number of ether oxygens (including phenoxy) is 1. The van der Waals surface area contributed by atoms with Crippen LogP contribution in [0.4, 0.5) is 5.69 Å². The van der Waals surface area contributed by atoms with Crippen LogP contribution in [0.5, 0.6) is 5.75 Å². The van der Waals surface area contributed by atoms with Crippen LogP contribution in [0, 0.1) is 12.8 Å². The highest BCUT2D eigenvalue weighted by Crippen LogP contribution is 2.36. The summed E-state index contributed by atoms with van der Waals surface area (Å²) in [6.45, 7) is 5.31. The minimum atomic E-state index is -3.81. The number of nitrogens with zero attached hydrogens (tertiary/aromatic N) is 2. The smallest absolute Gasteiger partial charge is 0.265 e. The highest BCUT2D eigenvalue weighted by molar-refractivity contribution is 7.89. The predicted octanol–water partition coefficient (Wildman–Crippen LogP) is 1.18. The molecule has 9 nitrogen and oxygen atoms in total. The second-order valence-electron chi connectivity index (χ2n) is 8.41. The van der Waals surface area contributed by atoms with Gasteiger partial charge in [-0.25, -0.2) is 8.42 Å². The van der Waals surface area contributed by atoms with Crippen molar-refractivity contribution in [2.75, 3.05) is 45.6 Å². The number of hydrogen-bond donors (Lipinski definition) is 2. The molecule has 2 amide bonds. The number of fused-ring (bicyclic) bond motifs is 1. The second-order valence-corrected chi connectivity index (χ2v) is 10.3. The fourth-order valence-corrected chi connectivity index (χ4v) is 5.64. The van der Waals surface area contributed by atoms with Crippen molar-refractivity contribution < 1.29 is 22.7 Å². The molecule has 0 bridgehead atoms. The Kier molecular flexibility index (Phi) is 7.23. The Morgan fingerprint density at radius 2 is 2.10 bits per heavy atom. The molecule has 2 N–H and O–H groups in total. The van der Waals surface area contributed by atoms with E-state index in [4.69, 9.17) is 4.74 Å². The lowest BCUT2D eigenvalue weighted by atomic mass is 9.99. The lowest BCUT2D eigenvalue weighted by Crippen LogP contribution is -2.46. The Hall–Kier alpha value is -2.17. The lowest BCUT2D eigenvalue weighted by molar-refractivity contribution is -0.126. The third kappa shape index (κ3) is 5.19. The van der Waals surface area contributed by atoms with Crippen LogP contribution in [-0.2, 0) is 19.6 Å². The van der Waals surface area contributed by atoms with Crippen molar-refractivity contribution in [2.24, 2.45) is 5.92 Å². The summed E-state index contributed by atoms with van der Waals surface area (Å²) >= 11 is 0. The molecule has 31 heavy (non-hydrogen) atoms. The van der Waals surface area contributed by atoms with Crippen LogP contribution in [-0.4, -0.2) is 75.8 Å². The van der Waals surface area contributed by atoms with E-state index in [1.165, 1.54) is 10.4 Å². The quantitative estimate of drug-likeness (QED) is 0.643. The van der Waals surface area contributed by atoms with Crippen LogP contribution in [0.1, 0.15) is 31.7 Å². The van der Waals surface area contributed by atoms with E-state index in [1.807, 2.05) is 25.9 Å². The van der Waals surface area contributed by atoms with Crippen LogP contribution in [0.2, 0.25) is 0 Å². The number of carbonyl (C=O) groups is 2. The number of anilines is 1. The standard InChI is InChI=1S/C21H32N4O5S/c1-5-17-21(27)23-16-11-14(2)19(12-18(16)30-17)31(28,29)25-9-6-7-15(13-25)20(26)22-8-10-24(3)4/h11-12,15,17H,5-10,13H2,1-4H3,(H,22,26)(H,23,27)/t15-,17+/m0/s1. The number of nitrogens with one attached hydrogen (secondary N) is 2. The van der Waals surface area contributed by atoms with Crippen LogP contribution in [0.25, 0.3) is 0 Å². The number of sulfonamides is 1. The zero-order chi connectivity index (χ0) is 22.8. The van der Waals surface area contributed by atoms with Crippen molar-refractivity contribution in [3.63, 3.8) is 0 Å². The minimum Gasteiger partial charge on any atom is -0.478 e. The van der Waals surface area contributed by atoms with Gasteiger partial charge >= 0.3 is 0 Å². The summed E-state index contributed by atoms with van der Waals surface area (Å²) < 4.78 is 34.0. The zero-order valence-corrected chi connectivity index (χ0v) is 19.4. The van der Waals surface area contributed by atoms with Crippen LogP contribution < -0.4 is 15.4 Å². The first kappa shape index (κ1) is 23.5. The Bertz CT molecular complexity index is 947. The Labute approximate surface area is 184 Å². The van der Waals surface area contributed by atoms with E-state index in [0.29, 0.717) is 49.4 Å². The first-order chi connectivity index (χ1) is 14.6. The van der Waals surface area contributed by atoms with Crippen LogP contribution >= 0.6 is 0 Å². The highest BCUT2D eigenvalue weighted by atomic mass is 32.2. The summed E-state index contributed by atoms with van der Waals surface area (Å²) in [5.74, 6) is -0.362. The van der Waals surface area contributed by atoms with Gasteiger partial charge in [-0.3, -0.25) is 9.59 Å². The van der Waals surface area contributed by atoms with Gasteiger partial charge in [0.2, 0.25) is 15.9 Å². The molecule has 1 fully saturated rings. The van der Waals surface area contributed by atoms with E-state index in [0.717, 1.165) is 6.54 Å². The van der Waals surface area contributed by atoms with Gasteiger partial charge in [0.15, 0.2) is 6.10 Å². The molecule has 10 heteroatoms. The van der Waals surface area contributed by atoms with Gasteiger partial charge in [0.1, 0.15) is 5.75 Å². The number of likely N-dealkylation sites (N-methyl/N-ethyl adjacent to an activating group) is 1. The Balaban J connectivity index is 1.78. The second kappa shape index (κ2) is 9.54. The number of amides is 2. The SMILES string of the molecule is CC[C@H]1Oc2cc(S(=O)(=O)N3CCC[C@H](C(=O)NCCN(C)C)C3)c(C)cc2NC1=O. The molecule has 0 aliphatic carbocycles. The molecule has 3 rings (SSSR count). The van der Waals surface area contributed by atoms with Gasteiger partial charge in [0.05, 0.1) is 16.5 Å². The molecular weight excluding hydrogens is 420 g/mol. The van der Waals surface area contributed by atoms with Gasteiger partial charge in [-0.15, -0.1) is 0 Å². The molecule has 0 radical (unpaired) electrons. The fraction of sp³-hybridized carbons (Fsp3) is 0.619. The molecule has 2 atom stereocenters. The number of piperidine rings is 1. The first-order valence-electron chi connectivity index (χ1n) is 10.7. The van der Waals surface area contributed by atoms with Gasteiger partial charge in [-0.05, 0) is 51.9 Å². The van der Waals surface area contributed by atoms with E-state index >= 15 is 0 Å². The molecule has 172 valence electrons. The molecule has 0 unspecified atom stereocenters. The molecule has 2 heterocycles. The average molecular weight is 453 g/mol. The number of benzene rings is 1. The maximum absolute atomic E-state index is 13.4. The molecule has 0 saturated carbocycles. The lowest BCUT2D eigenvalue weighted by Gasteiger charge is -2.32. The predicted molar refractivity (Wildman–Crippen MR) is 118 cm³/mol. The third-order valence-electron chi connectivity index (χ3n) is 5.70. The Morgan fingerprint density at radius 3 is 2.77 bits per heavy atom. The monoisotopic (exact) mass is 452 g/mol. The molecule has 2 aliphatic heterocycles. The molecular formula is C21H32N4O5S. The van der Waals surface area contributed by atoms with E-state index in [9.17, 15) is 18.0 Å². The van der Waals surface area contributed by atoms with Gasteiger partial charge in [0, 0.05) is 32.2 Å². The van der Waals surface area contributed by atoms with Gasteiger partial charge in [-0.1, -0.05) is 6.92 Å². The number of hydrogen-bond acceptors (Lipinski definition) is 6. The first-order valence-corrected chi connectivity index (χ1v) is 12.1. The molecule has 0 aromatic heterocycles. The average Bonchev–Trinajstić information content (AvgIpc) is 2.72. The molecule has 1 saturated heterocycles. The molecule has 1 aromatic carbocycles. The number of rotatable bonds is 7. The Morgan fingerprint density at radius 1 is 1.35 bits per heavy atom. The van der Waals surface area contributed by atoms with E-state index < -0.39 is 16.1 Å². The summed E-state index contributed by atoms with van der Waals surface area (Å²) in [6.07, 6.45) is 1.13. The summed E-state index contributed by atoms with van der Waals surface area (Å²) in [5.41, 5.74) is 0.998. The van der Waals surface area contributed by atoms with Crippen molar-refractivity contribution in [1.82, 2.24) is 14.5 Å². The van der Waals surface area contributed by atoms with E-state index in [1.54, 1.807) is 13.0 Å². The van der Waals surface area contributed by atoms with Gasteiger partial charge in [-0.2, -0.15) is 4.31 Å². The third-order valence-corrected chi connectivity index (χ3v) is 7.71. The topological polar surface area (TPSA) is 108 Å². The van der Waals surface area contributed by atoms with Crippen molar-refractivity contribution in [3.05, 3.63) is 17.7 Å². The largest absolute Gasteiger partial charge is 0.478 e. The van der Waals surface area contributed by atoms with Gasteiger partial charge < -0.3 is 20.3 Å². The number of carbonyl (C=O) groups excluding carboxylic acids is 2. The zero-order valence-electron chi connectivity index (χ0n) is 18.6. The number of aryl methyl sites for hydroxylation is 1. The summed E-state index contributed by atoms with van der Waals surface area (Å²) in [6, 6.07) is 3.12. The van der Waals surface area contributed by atoms with Gasteiger partial charge in [0.25, 0.3) is 5.91 Å². The van der Waals surface area contributed by atoms with E-state index in [2.05, 4.69) is 10.6 Å². The molecule has 2 aliphatic rings. The molecule has 0 spiro atoms. The fourth-order valence-electron chi connectivity index (χ4n) is 3.89. The van der Waals surface area contributed by atoms with Crippen molar-refractivity contribution >= 4 is 27.5 Å². The minimum absolute atomic E-state index is 0.110. The normalized spacial score (nSPS) is 21.9. The van der Waals surface area contributed by atoms with Crippen molar-refractivity contribution in [2.45, 2.75) is 44.1 Å². The summed E-state index contributed by atoms with van der Waals surface area (Å²) in [4.78, 5) is 26.7. The van der Waals surface area contributed by atoms with Crippen molar-refractivity contribution in [3.8, 4) is 5.75 Å². The van der Waals surface area contributed by atoms with Crippen LogP contribution in [0.3, 0.4) is 0 Å². The highest BCUT2D eigenvalue weighted by Gasteiger charge is 2.35. The maximum Gasteiger partial charge on any atom is 0.265 e. The summed E-state index contributed by atoms with van der Waals surface area (Å²) in [7, 11) is 0.0489. The molecule has 1 aromatic rings. The van der Waals surface area contributed by atoms with E-state index in [-0.39, 0.29) is 29.2 Å². The van der Waals surface area contributed by atoms with Crippen molar-refractivity contribution in [1.29, 1.82) is 0 Å².